The van der Waals surface area contributed by atoms with Gasteiger partial charge < -0.3 is 9.67 Å². The molecule has 3 nitrogen and oxygen atoms in total. The SMILES string of the molecule is CCn1cc(CC(C)C(=O)O)c2ccc(Br)cc21. The predicted octanol–water partition coefficient (Wildman–Crippen LogP) is 3.69. The molecule has 0 saturated carbocycles. The third-order valence-corrected chi connectivity index (χ3v) is 3.71. The van der Waals surface area contributed by atoms with E-state index in [1.54, 1.807) is 6.92 Å². The molecular formula is C14H16BrNO2. The average molecular weight is 310 g/mol. The molecule has 1 aromatic carbocycles. The van der Waals surface area contributed by atoms with E-state index in [2.05, 4.69) is 45.8 Å². The van der Waals surface area contributed by atoms with E-state index in [1.807, 2.05) is 6.07 Å². The number of halogens is 1. The lowest BCUT2D eigenvalue weighted by Crippen LogP contribution is -2.11. The molecule has 0 spiro atoms. The number of hydrogen-bond acceptors (Lipinski definition) is 1. The van der Waals surface area contributed by atoms with Crippen LogP contribution in [0.4, 0.5) is 0 Å². The number of carboxylic acid groups (broad SMARTS) is 1. The normalized spacial score (nSPS) is 12.8. The van der Waals surface area contributed by atoms with Crippen molar-refractivity contribution in [2.45, 2.75) is 26.8 Å². The molecule has 1 aromatic heterocycles. The Hall–Kier alpha value is -1.29. The fourth-order valence-corrected chi connectivity index (χ4v) is 2.53. The maximum Gasteiger partial charge on any atom is 0.306 e. The van der Waals surface area contributed by atoms with E-state index in [-0.39, 0.29) is 5.92 Å². The maximum absolute atomic E-state index is 11.0. The summed E-state index contributed by atoms with van der Waals surface area (Å²) in [5, 5.41) is 10.2. The highest BCUT2D eigenvalue weighted by atomic mass is 79.9. The molecule has 96 valence electrons. The van der Waals surface area contributed by atoms with Crippen molar-refractivity contribution in [3.63, 3.8) is 0 Å². The Labute approximate surface area is 115 Å². The maximum atomic E-state index is 11.0. The van der Waals surface area contributed by atoms with Crippen molar-refractivity contribution in [2.75, 3.05) is 0 Å². The summed E-state index contributed by atoms with van der Waals surface area (Å²) in [7, 11) is 0. The molecule has 1 atom stereocenters. The van der Waals surface area contributed by atoms with Crippen molar-refractivity contribution in [1.82, 2.24) is 4.57 Å². The first-order valence-electron chi connectivity index (χ1n) is 6.03. The molecule has 0 radical (unpaired) electrons. The highest BCUT2D eigenvalue weighted by molar-refractivity contribution is 9.10. The number of carbonyl (C=O) groups is 1. The zero-order chi connectivity index (χ0) is 13.3. The fraction of sp³-hybridized carbons (Fsp3) is 0.357. The van der Waals surface area contributed by atoms with Crippen molar-refractivity contribution in [3.05, 3.63) is 34.4 Å². The van der Waals surface area contributed by atoms with Gasteiger partial charge in [0.25, 0.3) is 0 Å². The highest BCUT2D eigenvalue weighted by Gasteiger charge is 2.15. The predicted molar refractivity (Wildman–Crippen MR) is 75.8 cm³/mol. The summed E-state index contributed by atoms with van der Waals surface area (Å²) >= 11 is 3.47. The molecule has 0 aliphatic carbocycles. The summed E-state index contributed by atoms with van der Waals surface area (Å²) < 4.78 is 3.20. The van der Waals surface area contributed by atoms with Gasteiger partial charge in [-0.25, -0.2) is 0 Å². The molecular weight excluding hydrogens is 294 g/mol. The second kappa shape index (κ2) is 5.14. The van der Waals surface area contributed by atoms with E-state index in [0.717, 1.165) is 27.5 Å². The number of nitrogens with zero attached hydrogens (tertiary/aromatic N) is 1. The quantitative estimate of drug-likeness (QED) is 0.936. The van der Waals surface area contributed by atoms with Gasteiger partial charge in [-0.15, -0.1) is 0 Å². The van der Waals surface area contributed by atoms with Crippen LogP contribution in [0.25, 0.3) is 10.9 Å². The Morgan fingerprint density at radius 3 is 2.83 bits per heavy atom. The first kappa shape index (κ1) is 13.1. The number of benzene rings is 1. The molecule has 1 unspecified atom stereocenters. The van der Waals surface area contributed by atoms with Gasteiger partial charge in [-0.3, -0.25) is 4.79 Å². The Balaban J connectivity index is 2.48. The molecule has 2 aromatic rings. The van der Waals surface area contributed by atoms with Gasteiger partial charge in [0.05, 0.1) is 5.92 Å². The molecule has 0 amide bonds. The van der Waals surface area contributed by atoms with Crippen LogP contribution >= 0.6 is 15.9 Å². The van der Waals surface area contributed by atoms with Crippen LogP contribution in [0.5, 0.6) is 0 Å². The van der Waals surface area contributed by atoms with Crippen LogP contribution in [-0.4, -0.2) is 15.6 Å². The van der Waals surface area contributed by atoms with E-state index in [1.165, 1.54) is 0 Å². The van der Waals surface area contributed by atoms with E-state index in [9.17, 15) is 4.79 Å². The van der Waals surface area contributed by atoms with Gasteiger partial charge in [0, 0.05) is 28.1 Å². The number of hydrogen-bond donors (Lipinski definition) is 1. The van der Waals surface area contributed by atoms with Gasteiger partial charge in [0.1, 0.15) is 0 Å². The third kappa shape index (κ3) is 2.43. The monoisotopic (exact) mass is 309 g/mol. The van der Waals surface area contributed by atoms with Gasteiger partial charge in [-0.2, -0.15) is 0 Å². The molecule has 0 aliphatic rings. The summed E-state index contributed by atoms with van der Waals surface area (Å²) in [5.74, 6) is -1.10. The van der Waals surface area contributed by atoms with Crippen LogP contribution in [0.2, 0.25) is 0 Å². The number of fused-ring (bicyclic) bond motifs is 1. The van der Waals surface area contributed by atoms with Crippen molar-refractivity contribution in [2.24, 2.45) is 5.92 Å². The highest BCUT2D eigenvalue weighted by Crippen LogP contribution is 2.26. The lowest BCUT2D eigenvalue weighted by molar-refractivity contribution is -0.141. The zero-order valence-corrected chi connectivity index (χ0v) is 12.1. The van der Waals surface area contributed by atoms with Gasteiger partial charge in [-0.1, -0.05) is 28.9 Å². The minimum Gasteiger partial charge on any atom is -0.481 e. The number of carboxylic acids is 1. The van der Waals surface area contributed by atoms with Crippen LogP contribution in [0.3, 0.4) is 0 Å². The van der Waals surface area contributed by atoms with Gasteiger partial charge in [0.15, 0.2) is 0 Å². The Morgan fingerprint density at radius 2 is 2.22 bits per heavy atom. The molecule has 0 saturated heterocycles. The van der Waals surface area contributed by atoms with E-state index in [4.69, 9.17) is 5.11 Å². The van der Waals surface area contributed by atoms with Crippen molar-refractivity contribution >= 4 is 32.8 Å². The van der Waals surface area contributed by atoms with Crippen molar-refractivity contribution < 1.29 is 9.90 Å². The fourth-order valence-electron chi connectivity index (χ4n) is 2.18. The first-order valence-corrected chi connectivity index (χ1v) is 6.82. The standard InChI is InChI=1S/C14H16BrNO2/c1-3-16-8-10(6-9(2)14(17)18)12-5-4-11(15)7-13(12)16/h4-5,7-9H,3,6H2,1-2H3,(H,17,18). The Morgan fingerprint density at radius 1 is 1.50 bits per heavy atom. The summed E-state index contributed by atoms with van der Waals surface area (Å²) in [6, 6.07) is 6.13. The molecule has 1 heterocycles. The number of aliphatic carboxylic acids is 1. The summed E-state index contributed by atoms with van der Waals surface area (Å²) in [5.41, 5.74) is 2.26. The number of aryl methyl sites for hydroxylation is 1. The van der Waals surface area contributed by atoms with Crippen LogP contribution in [0.1, 0.15) is 19.4 Å². The molecule has 0 fully saturated rings. The van der Waals surface area contributed by atoms with E-state index < -0.39 is 5.97 Å². The molecule has 2 rings (SSSR count). The second-order valence-corrected chi connectivity index (χ2v) is 5.46. The molecule has 4 heteroatoms. The first-order chi connectivity index (χ1) is 8.52. The molecule has 0 aliphatic heterocycles. The zero-order valence-electron chi connectivity index (χ0n) is 10.5. The summed E-state index contributed by atoms with van der Waals surface area (Å²) in [4.78, 5) is 11.0. The van der Waals surface area contributed by atoms with Gasteiger partial charge in [0.2, 0.25) is 0 Å². The minimum absolute atomic E-state index is 0.357. The lowest BCUT2D eigenvalue weighted by atomic mass is 10.0. The molecule has 1 N–H and O–H groups in total. The largest absolute Gasteiger partial charge is 0.481 e. The minimum atomic E-state index is -0.746. The van der Waals surface area contributed by atoms with Crippen LogP contribution in [0.15, 0.2) is 28.9 Å². The van der Waals surface area contributed by atoms with Crippen molar-refractivity contribution in [3.8, 4) is 0 Å². The third-order valence-electron chi connectivity index (χ3n) is 3.22. The van der Waals surface area contributed by atoms with E-state index in [0.29, 0.717) is 6.42 Å². The molecule has 0 bridgehead atoms. The van der Waals surface area contributed by atoms with Crippen molar-refractivity contribution in [1.29, 1.82) is 0 Å². The summed E-state index contributed by atoms with van der Waals surface area (Å²) in [6.07, 6.45) is 2.64. The smallest absolute Gasteiger partial charge is 0.306 e. The van der Waals surface area contributed by atoms with Crippen LogP contribution < -0.4 is 0 Å². The van der Waals surface area contributed by atoms with Gasteiger partial charge >= 0.3 is 5.97 Å². The molecule has 18 heavy (non-hydrogen) atoms. The van der Waals surface area contributed by atoms with Gasteiger partial charge in [-0.05, 0) is 31.0 Å². The average Bonchev–Trinajstić information content (AvgIpc) is 2.66. The number of rotatable bonds is 4. The lowest BCUT2D eigenvalue weighted by Gasteiger charge is -2.04. The summed E-state index contributed by atoms with van der Waals surface area (Å²) in [6.45, 7) is 4.72. The topological polar surface area (TPSA) is 42.2 Å². The second-order valence-electron chi connectivity index (χ2n) is 4.55. The van der Waals surface area contributed by atoms with Crippen LogP contribution in [0, 0.1) is 5.92 Å². The van der Waals surface area contributed by atoms with E-state index >= 15 is 0 Å². The number of aromatic nitrogens is 1. The Kier molecular flexibility index (Phi) is 3.76. The Bertz CT molecular complexity index is 589. The van der Waals surface area contributed by atoms with Crippen LogP contribution in [-0.2, 0) is 17.8 Å².